The van der Waals surface area contributed by atoms with E-state index in [0.717, 1.165) is 17.5 Å². The first-order valence-corrected chi connectivity index (χ1v) is 3.32. The van der Waals surface area contributed by atoms with Gasteiger partial charge < -0.3 is 0 Å². The molecule has 0 aromatic heterocycles. The fourth-order valence-corrected chi connectivity index (χ4v) is 0.562. The average molecular weight is 176 g/mol. The summed E-state index contributed by atoms with van der Waals surface area (Å²) >= 11 is 3.28. The molecule has 0 radical (unpaired) electrons. The minimum atomic E-state index is 0.972. The van der Waals surface area contributed by atoms with Crippen molar-refractivity contribution in [2.75, 3.05) is 7.05 Å². The molecule has 0 spiro atoms. The third-order valence-corrected chi connectivity index (χ3v) is 1.55. The molecule has 46 valence electrons. The summed E-state index contributed by atoms with van der Waals surface area (Å²) in [6, 6.07) is 0. The summed E-state index contributed by atoms with van der Waals surface area (Å²) in [7, 11) is 1.77. The number of halogens is 1. The molecule has 0 bridgehead atoms. The van der Waals surface area contributed by atoms with Crippen molar-refractivity contribution < 1.29 is 0 Å². The lowest BCUT2D eigenvalue weighted by molar-refractivity contribution is 1.11. The van der Waals surface area contributed by atoms with Crippen LogP contribution in [0.1, 0.15) is 12.8 Å². The maximum absolute atomic E-state index is 3.91. The predicted octanol–water partition coefficient (Wildman–Crippen LogP) is 2.38. The number of nitrogens with zero attached hydrogens (tertiary/aromatic N) is 1. The number of allylic oxidation sites excluding steroid dienone is 1. The Morgan fingerprint density at radius 3 is 2.88 bits per heavy atom. The van der Waals surface area contributed by atoms with Gasteiger partial charge in [0.2, 0.25) is 0 Å². The first kappa shape index (κ1) is 7.89. The SMILES string of the molecule is C=CCC/C(Br)=N\C. The van der Waals surface area contributed by atoms with E-state index in [9.17, 15) is 0 Å². The number of hydrogen-bond acceptors (Lipinski definition) is 1. The lowest BCUT2D eigenvalue weighted by atomic mass is 10.3. The molecule has 0 aliphatic heterocycles. The first-order chi connectivity index (χ1) is 3.81. The average Bonchev–Trinajstić information content (AvgIpc) is 1.83. The van der Waals surface area contributed by atoms with Crippen molar-refractivity contribution in [2.45, 2.75) is 12.8 Å². The van der Waals surface area contributed by atoms with Gasteiger partial charge in [0.1, 0.15) is 0 Å². The van der Waals surface area contributed by atoms with E-state index in [0.29, 0.717) is 0 Å². The molecule has 1 nitrogen and oxygen atoms in total. The maximum Gasteiger partial charge on any atom is 0.0773 e. The lowest BCUT2D eigenvalue weighted by Gasteiger charge is -1.88. The highest BCUT2D eigenvalue weighted by molar-refractivity contribution is 9.18. The van der Waals surface area contributed by atoms with Crippen LogP contribution in [0, 0.1) is 0 Å². The maximum atomic E-state index is 3.91. The Kier molecular flexibility index (Phi) is 4.97. The van der Waals surface area contributed by atoms with Gasteiger partial charge in [-0.15, -0.1) is 6.58 Å². The highest BCUT2D eigenvalue weighted by Crippen LogP contribution is 1.98. The van der Waals surface area contributed by atoms with Crippen molar-refractivity contribution in [3.05, 3.63) is 12.7 Å². The van der Waals surface area contributed by atoms with Crippen LogP contribution in [0.5, 0.6) is 0 Å². The van der Waals surface area contributed by atoms with Crippen LogP contribution in [-0.2, 0) is 0 Å². The summed E-state index contributed by atoms with van der Waals surface area (Å²) in [5, 5.41) is 0. The van der Waals surface area contributed by atoms with Gasteiger partial charge in [0, 0.05) is 7.05 Å². The molecule has 0 N–H and O–H groups in total. The highest BCUT2D eigenvalue weighted by Gasteiger charge is 1.86. The van der Waals surface area contributed by atoms with Gasteiger partial charge in [0.15, 0.2) is 0 Å². The Hall–Kier alpha value is -0.110. The van der Waals surface area contributed by atoms with Crippen LogP contribution in [0.25, 0.3) is 0 Å². The molecule has 0 aliphatic rings. The molecule has 0 atom stereocenters. The Morgan fingerprint density at radius 1 is 1.88 bits per heavy atom. The molecule has 0 saturated heterocycles. The van der Waals surface area contributed by atoms with Crippen molar-refractivity contribution in [3.63, 3.8) is 0 Å². The number of rotatable bonds is 3. The van der Waals surface area contributed by atoms with E-state index in [-0.39, 0.29) is 0 Å². The lowest BCUT2D eigenvalue weighted by Crippen LogP contribution is -1.82. The van der Waals surface area contributed by atoms with Crippen LogP contribution in [0.4, 0.5) is 0 Å². The predicted molar refractivity (Wildman–Crippen MR) is 41.7 cm³/mol. The molecule has 0 rings (SSSR count). The van der Waals surface area contributed by atoms with E-state index in [1.54, 1.807) is 7.05 Å². The largest absolute Gasteiger partial charge is 0.286 e. The zero-order chi connectivity index (χ0) is 6.41. The smallest absolute Gasteiger partial charge is 0.0773 e. The molecule has 0 unspecified atom stereocenters. The molecular weight excluding hydrogens is 166 g/mol. The van der Waals surface area contributed by atoms with E-state index in [1.165, 1.54) is 0 Å². The van der Waals surface area contributed by atoms with E-state index in [4.69, 9.17) is 0 Å². The van der Waals surface area contributed by atoms with E-state index >= 15 is 0 Å². The Balaban J connectivity index is 3.24. The summed E-state index contributed by atoms with van der Waals surface area (Å²) < 4.78 is 1.01. The van der Waals surface area contributed by atoms with E-state index in [1.807, 2.05) is 6.08 Å². The summed E-state index contributed by atoms with van der Waals surface area (Å²) in [6.45, 7) is 3.59. The second-order valence-corrected chi connectivity index (χ2v) is 2.34. The van der Waals surface area contributed by atoms with Crippen LogP contribution in [0.15, 0.2) is 17.6 Å². The summed E-state index contributed by atoms with van der Waals surface area (Å²) in [5.74, 6) is 0. The Labute approximate surface area is 58.6 Å². The van der Waals surface area contributed by atoms with Gasteiger partial charge in [-0.3, -0.25) is 4.99 Å². The fourth-order valence-electron chi connectivity index (χ4n) is 0.333. The van der Waals surface area contributed by atoms with Gasteiger partial charge >= 0.3 is 0 Å². The molecule has 0 aliphatic carbocycles. The molecule has 0 heterocycles. The van der Waals surface area contributed by atoms with Crippen molar-refractivity contribution in [2.24, 2.45) is 4.99 Å². The van der Waals surface area contributed by atoms with Crippen molar-refractivity contribution in [1.82, 2.24) is 0 Å². The molecule has 0 amide bonds. The van der Waals surface area contributed by atoms with Crippen LogP contribution in [0.2, 0.25) is 0 Å². The van der Waals surface area contributed by atoms with Gasteiger partial charge in [0.25, 0.3) is 0 Å². The van der Waals surface area contributed by atoms with Gasteiger partial charge in [-0.25, -0.2) is 0 Å². The third-order valence-electron chi connectivity index (χ3n) is 0.797. The summed E-state index contributed by atoms with van der Waals surface area (Å²) in [4.78, 5) is 3.91. The third kappa shape index (κ3) is 4.06. The van der Waals surface area contributed by atoms with Gasteiger partial charge in [-0.05, 0) is 28.8 Å². The van der Waals surface area contributed by atoms with Gasteiger partial charge in [-0.2, -0.15) is 0 Å². The van der Waals surface area contributed by atoms with Crippen LogP contribution >= 0.6 is 15.9 Å². The standard InChI is InChI=1S/C6H10BrN/c1-3-4-5-6(7)8-2/h3H,1,4-5H2,2H3/b8-6+. The normalized spacial score (nSPS) is 11.5. The van der Waals surface area contributed by atoms with Crippen LogP contribution in [-0.4, -0.2) is 11.7 Å². The van der Waals surface area contributed by atoms with E-state index < -0.39 is 0 Å². The zero-order valence-electron chi connectivity index (χ0n) is 5.02. The summed E-state index contributed by atoms with van der Waals surface area (Å²) in [6.07, 6.45) is 3.85. The Bertz CT molecular complexity index is 96.7. The van der Waals surface area contributed by atoms with Crippen LogP contribution in [0.3, 0.4) is 0 Å². The number of hydrogen-bond donors (Lipinski definition) is 0. The summed E-state index contributed by atoms with van der Waals surface area (Å²) in [5.41, 5.74) is 0. The van der Waals surface area contributed by atoms with Crippen molar-refractivity contribution in [3.8, 4) is 0 Å². The van der Waals surface area contributed by atoms with Crippen LogP contribution < -0.4 is 0 Å². The molecule has 0 fully saturated rings. The molecule has 0 aromatic carbocycles. The minimum absolute atomic E-state index is 0.972. The minimum Gasteiger partial charge on any atom is -0.286 e. The van der Waals surface area contributed by atoms with Crippen molar-refractivity contribution >= 4 is 20.6 Å². The molecule has 8 heavy (non-hydrogen) atoms. The van der Waals surface area contributed by atoms with Crippen molar-refractivity contribution in [1.29, 1.82) is 0 Å². The Morgan fingerprint density at radius 2 is 2.50 bits per heavy atom. The van der Waals surface area contributed by atoms with Gasteiger partial charge in [-0.1, -0.05) is 6.08 Å². The topological polar surface area (TPSA) is 12.4 Å². The quantitative estimate of drug-likeness (QED) is 0.462. The van der Waals surface area contributed by atoms with Gasteiger partial charge in [0.05, 0.1) is 4.62 Å². The highest BCUT2D eigenvalue weighted by atomic mass is 79.9. The monoisotopic (exact) mass is 175 g/mol. The molecule has 0 saturated carbocycles. The zero-order valence-corrected chi connectivity index (χ0v) is 6.61. The second-order valence-electron chi connectivity index (χ2n) is 1.43. The first-order valence-electron chi connectivity index (χ1n) is 2.53. The van der Waals surface area contributed by atoms with E-state index in [2.05, 4.69) is 27.5 Å². The fraction of sp³-hybridized carbons (Fsp3) is 0.500. The molecule has 2 heteroatoms. The number of aliphatic imine (C=N–C) groups is 1. The second kappa shape index (κ2) is 5.04. The molecular formula is C6H10BrN. The molecule has 0 aromatic rings.